The van der Waals surface area contributed by atoms with E-state index in [0.717, 1.165) is 32.7 Å². The molecular formula is C27H19NO2. The molecule has 3 heteroatoms. The van der Waals surface area contributed by atoms with Gasteiger partial charge >= 0.3 is 0 Å². The number of hydrogen-bond acceptors (Lipinski definition) is 2. The minimum absolute atomic E-state index is 0.0347. The molecule has 0 saturated carbocycles. The molecule has 3 nitrogen and oxygen atoms in total. The van der Waals surface area contributed by atoms with E-state index < -0.39 is 0 Å². The zero-order valence-corrected chi connectivity index (χ0v) is 16.2. The second-order valence-electron chi connectivity index (χ2n) is 7.28. The lowest BCUT2D eigenvalue weighted by Crippen LogP contribution is -2.13. The van der Waals surface area contributed by atoms with Crippen molar-refractivity contribution in [2.75, 3.05) is 5.32 Å². The van der Waals surface area contributed by atoms with Gasteiger partial charge in [-0.2, -0.15) is 0 Å². The third-order valence-corrected chi connectivity index (χ3v) is 5.32. The zero-order valence-electron chi connectivity index (χ0n) is 16.2. The Bertz CT molecular complexity index is 1390. The highest BCUT2D eigenvalue weighted by molar-refractivity contribution is 6.11. The molecule has 0 bridgehead atoms. The third-order valence-electron chi connectivity index (χ3n) is 5.32. The maximum Gasteiger partial charge on any atom is 0.259 e. The maximum absolute atomic E-state index is 13.1. The van der Waals surface area contributed by atoms with Gasteiger partial charge in [0.1, 0.15) is 5.75 Å². The van der Waals surface area contributed by atoms with Crippen molar-refractivity contribution in [1.82, 2.24) is 0 Å². The van der Waals surface area contributed by atoms with Gasteiger partial charge in [-0.05, 0) is 57.4 Å². The first kappa shape index (κ1) is 18.0. The van der Waals surface area contributed by atoms with Crippen LogP contribution in [0.3, 0.4) is 0 Å². The summed E-state index contributed by atoms with van der Waals surface area (Å²) in [6.07, 6.45) is 0. The van der Waals surface area contributed by atoms with E-state index in [1.54, 1.807) is 12.1 Å². The average Bonchev–Trinajstić information content (AvgIpc) is 2.78. The van der Waals surface area contributed by atoms with Crippen LogP contribution in [-0.4, -0.2) is 11.0 Å². The molecule has 5 aromatic rings. The van der Waals surface area contributed by atoms with E-state index in [0.29, 0.717) is 5.69 Å². The van der Waals surface area contributed by atoms with Gasteiger partial charge in [-0.25, -0.2) is 0 Å². The van der Waals surface area contributed by atoms with E-state index in [-0.39, 0.29) is 17.2 Å². The highest BCUT2D eigenvalue weighted by Crippen LogP contribution is 2.31. The summed E-state index contributed by atoms with van der Waals surface area (Å²) < 4.78 is 0. The topological polar surface area (TPSA) is 49.3 Å². The smallest absolute Gasteiger partial charge is 0.259 e. The minimum Gasteiger partial charge on any atom is -0.507 e. The van der Waals surface area contributed by atoms with Crippen molar-refractivity contribution in [2.24, 2.45) is 0 Å². The molecule has 0 aliphatic heterocycles. The summed E-state index contributed by atoms with van der Waals surface area (Å²) in [5.74, 6) is -0.376. The van der Waals surface area contributed by atoms with Gasteiger partial charge in [0.2, 0.25) is 0 Å². The van der Waals surface area contributed by atoms with Crippen LogP contribution in [0, 0.1) is 0 Å². The quantitative estimate of drug-likeness (QED) is 0.341. The van der Waals surface area contributed by atoms with Crippen molar-refractivity contribution >= 4 is 33.1 Å². The first-order chi connectivity index (χ1) is 14.7. The van der Waals surface area contributed by atoms with Crippen molar-refractivity contribution < 1.29 is 9.90 Å². The summed E-state index contributed by atoms with van der Waals surface area (Å²) in [5.41, 5.74) is 2.90. The molecule has 0 aromatic heterocycles. The summed E-state index contributed by atoms with van der Waals surface area (Å²) >= 11 is 0. The fourth-order valence-corrected chi connectivity index (χ4v) is 3.81. The second kappa shape index (κ2) is 7.37. The Labute approximate surface area is 174 Å². The van der Waals surface area contributed by atoms with Gasteiger partial charge in [-0.1, -0.05) is 72.8 Å². The molecule has 0 unspecified atom stereocenters. The maximum atomic E-state index is 13.1. The van der Waals surface area contributed by atoms with Crippen LogP contribution < -0.4 is 5.32 Å². The first-order valence-corrected chi connectivity index (χ1v) is 9.80. The predicted octanol–water partition coefficient (Wildman–Crippen LogP) is 6.62. The van der Waals surface area contributed by atoms with Crippen LogP contribution >= 0.6 is 0 Å². The van der Waals surface area contributed by atoms with Crippen molar-refractivity contribution in [3.63, 3.8) is 0 Å². The molecule has 30 heavy (non-hydrogen) atoms. The van der Waals surface area contributed by atoms with Crippen molar-refractivity contribution in [2.45, 2.75) is 0 Å². The molecule has 0 saturated heterocycles. The first-order valence-electron chi connectivity index (χ1n) is 9.80. The van der Waals surface area contributed by atoms with Gasteiger partial charge in [0.25, 0.3) is 5.91 Å². The molecule has 0 aliphatic rings. The van der Waals surface area contributed by atoms with Crippen LogP contribution in [0.5, 0.6) is 5.75 Å². The lowest BCUT2D eigenvalue weighted by molar-refractivity contribution is 0.102. The Morgan fingerprint density at radius 1 is 0.633 bits per heavy atom. The predicted molar refractivity (Wildman–Crippen MR) is 123 cm³/mol. The number of amides is 1. The number of carbonyl (C=O) groups excluding carboxylic acids is 1. The van der Waals surface area contributed by atoms with Crippen LogP contribution in [0.15, 0.2) is 103 Å². The number of fused-ring (bicyclic) bond motifs is 2. The SMILES string of the molecule is O=C(Nc1ccccc1-c1ccccc1)c1cc2cc3ccccc3cc2cc1O. The molecule has 5 aromatic carbocycles. The Kier molecular flexibility index (Phi) is 4.41. The molecule has 5 rings (SSSR count). The normalized spacial score (nSPS) is 10.9. The van der Waals surface area contributed by atoms with Gasteiger partial charge in [0, 0.05) is 11.3 Å². The number of nitrogens with one attached hydrogen (secondary N) is 1. The zero-order chi connectivity index (χ0) is 20.5. The molecule has 144 valence electrons. The lowest BCUT2D eigenvalue weighted by Gasteiger charge is -2.13. The third kappa shape index (κ3) is 3.27. The lowest BCUT2D eigenvalue weighted by atomic mass is 10.00. The molecule has 0 spiro atoms. The largest absolute Gasteiger partial charge is 0.507 e. The highest BCUT2D eigenvalue weighted by Gasteiger charge is 2.15. The Balaban J connectivity index is 1.54. The molecule has 0 radical (unpaired) electrons. The Morgan fingerprint density at radius 2 is 1.23 bits per heavy atom. The van der Waals surface area contributed by atoms with E-state index in [4.69, 9.17) is 0 Å². The van der Waals surface area contributed by atoms with Gasteiger partial charge in [0.15, 0.2) is 0 Å². The van der Waals surface area contributed by atoms with E-state index in [1.807, 2.05) is 91.0 Å². The number of para-hydroxylation sites is 1. The van der Waals surface area contributed by atoms with Crippen LogP contribution in [0.25, 0.3) is 32.7 Å². The van der Waals surface area contributed by atoms with Crippen LogP contribution in [-0.2, 0) is 0 Å². The van der Waals surface area contributed by atoms with Gasteiger partial charge in [0.05, 0.1) is 5.56 Å². The standard InChI is InChI=1S/C27H19NO2/c29-26-17-22-15-20-11-5-4-10-19(20)14-21(22)16-24(26)27(30)28-25-13-7-6-12-23(25)18-8-2-1-3-9-18/h1-17,29H,(H,28,30). The van der Waals surface area contributed by atoms with Crippen molar-refractivity contribution in [3.8, 4) is 16.9 Å². The van der Waals surface area contributed by atoms with Gasteiger partial charge in [-0.3, -0.25) is 4.79 Å². The van der Waals surface area contributed by atoms with E-state index in [9.17, 15) is 9.90 Å². The molecule has 0 fully saturated rings. The average molecular weight is 389 g/mol. The fourth-order valence-electron chi connectivity index (χ4n) is 3.81. The second-order valence-corrected chi connectivity index (χ2v) is 7.28. The molecule has 1 amide bonds. The summed E-state index contributed by atoms with van der Waals surface area (Å²) in [4.78, 5) is 13.1. The summed E-state index contributed by atoms with van der Waals surface area (Å²) in [5, 5.41) is 17.5. The molecule has 2 N–H and O–H groups in total. The number of benzene rings is 5. The molecule has 0 atom stereocenters. The number of phenolic OH excluding ortho intramolecular Hbond substituents is 1. The summed E-state index contributed by atoms with van der Waals surface area (Å²) in [6, 6.07) is 33.1. The summed E-state index contributed by atoms with van der Waals surface area (Å²) in [7, 11) is 0. The molecule has 0 heterocycles. The van der Waals surface area contributed by atoms with Crippen LogP contribution in [0.2, 0.25) is 0 Å². The minimum atomic E-state index is -0.342. The van der Waals surface area contributed by atoms with Crippen LogP contribution in [0.4, 0.5) is 5.69 Å². The van der Waals surface area contributed by atoms with E-state index >= 15 is 0 Å². The Morgan fingerprint density at radius 3 is 1.97 bits per heavy atom. The fraction of sp³-hybridized carbons (Fsp3) is 0. The van der Waals surface area contributed by atoms with E-state index in [2.05, 4.69) is 5.32 Å². The van der Waals surface area contributed by atoms with E-state index in [1.165, 1.54) is 0 Å². The highest BCUT2D eigenvalue weighted by atomic mass is 16.3. The number of carbonyl (C=O) groups is 1. The summed E-state index contributed by atoms with van der Waals surface area (Å²) in [6.45, 7) is 0. The van der Waals surface area contributed by atoms with Gasteiger partial charge in [-0.15, -0.1) is 0 Å². The van der Waals surface area contributed by atoms with Crippen molar-refractivity contribution in [1.29, 1.82) is 0 Å². The number of anilines is 1. The monoisotopic (exact) mass is 389 g/mol. The molecular weight excluding hydrogens is 370 g/mol. The number of hydrogen-bond donors (Lipinski definition) is 2. The van der Waals surface area contributed by atoms with Crippen molar-refractivity contribution in [3.05, 3.63) is 109 Å². The van der Waals surface area contributed by atoms with Gasteiger partial charge < -0.3 is 10.4 Å². The number of phenols is 1. The Hall–Kier alpha value is -4.11. The number of rotatable bonds is 3. The number of aromatic hydroxyl groups is 1. The molecule has 0 aliphatic carbocycles. The van der Waals surface area contributed by atoms with Crippen LogP contribution in [0.1, 0.15) is 10.4 Å².